The van der Waals surface area contributed by atoms with Crippen molar-refractivity contribution in [2.24, 2.45) is 0 Å². The Morgan fingerprint density at radius 1 is 1.33 bits per heavy atom. The van der Waals surface area contributed by atoms with Crippen LogP contribution in [0.2, 0.25) is 0 Å². The zero-order chi connectivity index (χ0) is 11.3. The number of alkyl halides is 1. The highest BCUT2D eigenvalue weighted by Gasteiger charge is 2.34. The molecule has 3 nitrogen and oxygen atoms in total. The summed E-state index contributed by atoms with van der Waals surface area (Å²) in [5.41, 5.74) is 0. The highest BCUT2D eigenvalue weighted by atomic mass is 79.9. The molecule has 0 saturated carbocycles. The van der Waals surface area contributed by atoms with Crippen molar-refractivity contribution in [1.29, 1.82) is 0 Å². The number of sulfone groups is 1. The summed E-state index contributed by atoms with van der Waals surface area (Å²) in [4.78, 5) is 0. The largest absolute Gasteiger partial charge is 0.377 e. The van der Waals surface area contributed by atoms with E-state index in [0.29, 0.717) is 18.8 Å². The molecular weight excluding hydrogens is 280 g/mol. The third-order valence-electron chi connectivity index (χ3n) is 2.83. The van der Waals surface area contributed by atoms with Gasteiger partial charge in [-0.05, 0) is 26.2 Å². The van der Waals surface area contributed by atoms with Gasteiger partial charge in [0.25, 0.3) is 0 Å². The molecule has 0 aromatic carbocycles. The lowest BCUT2D eigenvalue weighted by molar-refractivity contribution is 0.126. The van der Waals surface area contributed by atoms with Gasteiger partial charge in [-0.25, -0.2) is 8.42 Å². The van der Waals surface area contributed by atoms with Crippen LogP contribution in [-0.2, 0) is 14.6 Å². The molecule has 0 aliphatic carbocycles. The van der Waals surface area contributed by atoms with Crippen LogP contribution in [-0.4, -0.2) is 37.5 Å². The quantitative estimate of drug-likeness (QED) is 0.557. The number of rotatable bonds is 6. The Morgan fingerprint density at radius 2 is 2.07 bits per heavy atom. The van der Waals surface area contributed by atoms with Gasteiger partial charge in [0.15, 0.2) is 9.84 Å². The van der Waals surface area contributed by atoms with Crippen molar-refractivity contribution in [3.8, 4) is 0 Å². The lowest BCUT2D eigenvalue weighted by atomic mass is 10.2. The molecule has 15 heavy (non-hydrogen) atoms. The van der Waals surface area contributed by atoms with Gasteiger partial charge in [0.1, 0.15) is 0 Å². The van der Waals surface area contributed by atoms with Crippen LogP contribution in [0.3, 0.4) is 0 Å². The van der Waals surface area contributed by atoms with E-state index < -0.39 is 9.84 Å². The van der Waals surface area contributed by atoms with Crippen LogP contribution in [0.5, 0.6) is 0 Å². The van der Waals surface area contributed by atoms with Gasteiger partial charge < -0.3 is 4.74 Å². The van der Waals surface area contributed by atoms with Gasteiger partial charge in [0, 0.05) is 11.9 Å². The average molecular weight is 299 g/mol. The summed E-state index contributed by atoms with van der Waals surface area (Å²) in [6.07, 6.45) is 3.35. The van der Waals surface area contributed by atoms with Crippen molar-refractivity contribution in [2.75, 3.05) is 17.7 Å². The van der Waals surface area contributed by atoms with E-state index in [0.717, 1.165) is 24.6 Å². The van der Waals surface area contributed by atoms with E-state index in [1.165, 1.54) is 0 Å². The summed E-state index contributed by atoms with van der Waals surface area (Å²) in [7, 11) is -2.93. The van der Waals surface area contributed by atoms with Crippen LogP contribution in [0.1, 0.15) is 32.6 Å². The van der Waals surface area contributed by atoms with E-state index in [1.807, 2.05) is 6.92 Å². The normalized spacial score (nSPS) is 27.1. The first kappa shape index (κ1) is 13.5. The van der Waals surface area contributed by atoms with Gasteiger partial charge in [-0.15, -0.1) is 0 Å². The maximum absolute atomic E-state index is 11.9. The van der Waals surface area contributed by atoms with Crippen molar-refractivity contribution in [2.45, 2.75) is 44.0 Å². The highest BCUT2D eigenvalue weighted by Crippen LogP contribution is 2.22. The Morgan fingerprint density at radius 3 is 2.60 bits per heavy atom. The first-order valence-corrected chi connectivity index (χ1v) is 8.31. The van der Waals surface area contributed by atoms with E-state index in [-0.39, 0.29) is 11.4 Å². The fraction of sp³-hybridized carbons (Fsp3) is 1.00. The van der Waals surface area contributed by atoms with Crippen molar-refractivity contribution < 1.29 is 13.2 Å². The van der Waals surface area contributed by atoms with Gasteiger partial charge in [-0.1, -0.05) is 22.4 Å². The number of hydrogen-bond acceptors (Lipinski definition) is 3. The van der Waals surface area contributed by atoms with Gasteiger partial charge in [-0.3, -0.25) is 0 Å². The maximum Gasteiger partial charge on any atom is 0.155 e. The van der Waals surface area contributed by atoms with Gasteiger partial charge in [0.2, 0.25) is 0 Å². The van der Waals surface area contributed by atoms with E-state index in [9.17, 15) is 8.42 Å². The number of ether oxygens (including phenoxy) is 1. The Labute approximate surface area is 101 Å². The molecule has 1 rings (SSSR count). The second-order valence-electron chi connectivity index (χ2n) is 4.02. The maximum atomic E-state index is 11.9. The molecule has 1 fully saturated rings. The molecule has 90 valence electrons. The highest BCUT2D eigenvalue weighted by molar-refractivity contribution is 9.09. The SMILES string of the molecule is CC1OCCC1S(=O)(=O)CCCCCBr. The Bertz CT molecular complexity index is 276. The first-order valence-electron chi connectivity index (χ1n) is 5.47. The Kier molecular flexibility index (Phi) is 5.57. The molecule has 2 unspecified atom stereocenters. The number of hydrogen-bond donors (Lipinski definition) is 0. The molecule has 1 saturated heterocycles. The summed E-state index contributed by atoms with van der Waals surface area (Å²) >= 11 is 3.34. The molecule has 2 atom stereocenters. The summed E-state index contributed by atoms with van der Waals surface area (Å²) in [6.45, 7) is 2.44. The van der Waals surface area contributed by atoms with Crippen molar-refractivity contribution in [3.05, 3.63) is 0 Å². The molecule has 0 aromatic rings. The zero-order valence-corrected chi connectivity index (χ0v) is 11.5. The minimum Gasteiger partial charge on any atom is -0.377 e. The predicted octanol–water partition coefficient (Wildman–Crippen LogP) is 2.14. The van der Waals surface area contributed by atoms with E-state index >= 15 is 0 Å². The average Bonchev–Trinajstić information content (AvgIpc) is 2.60. The second kappa shape index (κ2) is 6.21. The minimum absolute atomic E-state index is 0.119. The van der Waals surface area contributed by atoms with Crippen LogP contribution < -0.4 is 0 Å². The molecule has 1 heterocycles. The lowest BCUT2D eigenvalue weighted by Crippen LogP contribution is -2.30. The summed E-state index contributed by atoms with van der Waals surface area (Å²) in [6, 6.07) is 0. The minimum atomic E-state index is -2.93. The third kappa shape index (κ3) is 4.04. The molecule has 1 aliphatic heterocycles. The Hall–Kier alpha value is 0.390. The summed E-state index contributed by atoms with van der Waals surface area (Å²) < 4.78 is 29.1. The zero-order valence-electron chi connectivity index (χ0n) is 9.12. The second-order valence-corrected chi connectivity index (χ2v) is 7.15. The number of unbranched alkanes of at least 4 members (excludes halogenated alkanes) is 2. The monoisotopic (exact) mass is 298 g/mol. The standard InChI is InChI=1S/C10H19BrO3S/c1-9-10(5-7-14-9)15(12,13)8-4-2-3-6-11/h9-10H,2-8H2,1H3. The van der Waals surface area contributed by atoms with Crippen molar-refractivity contribution in [1.82, 2.24) is 0 Å². The van der Waals surface area contributed by atoms with E-state index in [1.54, 1.807) is 0 Å². The molecular formula is C10H19BrO3S. The molecule has 0 aromatic heterocycles. The van der Waals surface area contributed by atoms with Crippen LogP contribution >= 0.6 is 15.9 Å². The summed E-state index contributed by atoms with van der Waals surface area (Å²) in [5.74, 6) is 0.318. The van der Waals surface area contributed by atoms with Crippen molar-refractivity contribution >= 4 is 25.8 Å². The van der Waals surface area contributed by atoms with Crippen LogP contribution in [0, 0.1) is 0 Å². The van der Waals surface area contributed by atoms with Gasteiger partial charge in [-0.2, -0.15) is 0 Å². The molecule has 5 heteroatoms. The van der Waals surface area contributed by atoms with Crippen LogP contribution in [0.15, 0.2) is 0 Å². The van der Waals surface area contributed by atoms with E-state index in [4.69, 9.17) is 4.74 Å². The Balaban J connectivity index is 2.37. The molecule has 0 bridgehead atoms. The van der Waals surface area contributed by atoms with Crippen molar-refractivity contribution in [3.63, 3.8) is 0 Å². The van der Waals surface area contributed by atoms with Crippen LogP contribution in [0.25, 0.3) is 0 Å². The van der Waals surface area contributed by atoms with Gasteiger partial charge >= 0.3 is 0 Å². The summed E-state index contributed by atoms with van der Waals surface area (Å²) in [5, 5.41) is 0.692. The van der Waals surface area contributed by atoms with E-state index in [2.05, 4.69) is 15.9 Å². The molecule has 0 radical (unpaired) electrons. The third-order valence-corrected chi connectivity index (χ3v) is 5.79. The fourth-order valence-electron chi connectivity index (χ4n) is 1.91. The van der Waals surface area contributed by atoms with Crippen LogP contribution in [0.4, 0.5) is 0 Å². The fourth-order valence-corrected chi connectivity index (χ4v) is 4.33. The topological polar surface area (TPSA) is 43.4 Å². The number of halogens is 1. The lowest BCUT2D eigenvalue weighted by Gasteiger charge is -2.14. The van der Waals surface area contributed by atoms with Gasteiger partial charge in [0.05, 0.1) is 17.1 Å². The molecule has 0 spiro atoms. The molecule has 0 amide bonds. The first-order chi connectivity index (χ1) is 7.08. The predicted molar refractivity (Wildman–Crippen MR) is 65.3 cm³/mol. The smallest absolute Gasteiger partial charge is 0.155 e. The molecule has 1 aliphatic rings. The molecule has 0 N–H and O–H groups in total.